The van der Waals surface area contributed by atoms with Crippen LogP contribution in [-0.2, 0) is 18.8 Å². The molecule has 3 rings (SSSR count). The molecule has 3 aromatic rings. The number of hydrogen-bond acceptors (Lipinski definition) is 4. The average molecular weight is 349 g/mol. The monoisotopic (exact) mass is 348 g/mol. The van der Waals surface area contributed by atoms with Gasteiger partial charge in [-0.3, -0.25) is 14.0 Å². The molecule has 0 fully saturated rings. The van der Waals surface area contributed by atoms with Crippen molar-refractivity contribution in [3.63, 3.8) is 0 Å². The molecule has 0 radical (unpaired) electrons. The molecule has 23 heavy (non-hydrogen) atoms. The quantitative estimate of drug-likeness (QED) is 0.522. The van der Waals surface area contributed by atoms with Gasteiger partial charge in [0.15, 0.2) is 10.7 Å². The minimum absolute atomic E-state index is 0.0849. The summed E-state index contributed by atoms with van der Waals surface area (Å²) in [5.74, 6) is 0.709. The van der Waals surface area contributed by atoms with Crippen molar-refractivity contribution in [2.45, 2.75) is 37.8 Å². The van der Waals surface area contributed by atoms with E-state index in [1.54, 1.807) is 9.25 Å². The van der Waals surface area contributed by atoms with E-state index in [1.165, 1.54) is 11.8 Å². The van der Waals surface area contributed by atoms with Gasteiger partial charge in [0.1, 0.15) is 5.52 Å². The lowest BCUT2D eigenvalue weighted by Gasteiger charge is -2.09. The number of aryl methyl sites for hydroxylation is 1. The summed E-state index contributed by atoms with van der Waals surface area (Å²) < 4.78 is 3.41. The highest BCUT2D eigenvalue weighted by Crippen LogP contribution is 2.23. The van der Waals surface area contributed by atoms with Crippen LogP contribution in [0.25, 0.3) is 11.0 Å². The van der Waals surface area contributed by atoms with Crippen LogP contribution < -0.4 is 5.56 Å². The molecule has 0 saturated heterocycles. The maximum atomic E-state index is 12.6. The lowest BCUT2D eigenvalue weighted by atomic mass is 10.2. The molecule has 0 bridgehead atoms. The fraction of sp³-hybridized carbons (Fsp3) is 0.312. The molecule has 0 aliphatic carbocycles. The Bertz CT molecular complexity index is 903. The molecular formula is C16H17ClN4OS. The molecule has 2 aromatic heterocycles. The zero-order valence-corrected chi connectivity index (χ0v) is 14.6. The van der Waals surface area contributed by atoms with Crippen LogP contribution in [0.2, 0.25) is 5.02 Å². The number of nitrogens with zero attached hydrogens (tertiary/aromatic N) is 4. The van der Waals surface area contributed by atoms with E-state index in [9.17, 15) is 4.79 Å². The number of fused-ring (bicyclic) bond motifs is 1. The van der Waals surface area contributed by atoms with Crippen molar-refractivity contribution < 1.29 is 0 Å². The predicted molar refractivity (Wildman–Crippen MR) is 94.1 cm³/mol. The van der Waals surface area contributed by atoms with Crippen molar-refractivity contribution >= 4 is 34.4 Å². The number of benzene rings is 1. The molecule has 2 heterocycles. The predicted octanol–water partition coefficient (Wildman–Crippen LogP) is 3.58. The summed E-state index contributed by atoms with van der Waals surface area (Å²) in [7, 11) is 0. The fourth-order valence-corrected chi connectivity index (χ4v) is 3.57. The van der Waals surface area contributed by atoms with E-state index in [0.29, 0.717) is 40.1 Å². The Morgan fingerprint density at radius 1 is 1.26 bits per heavy atom. The molecule has 5 nitrogen and oxygen atoms in total. The summed E-state index contributed by atoms with van der Waals surface area (Å²) in [5.41, 5.74) is 2.10. The Balaban J connectivity index is 1.97. The lowest BCUT2D eigenvalue weighted by Crippen LogP contribution is -2.22. The Morgan fingerprint density at radius 3 is 2.78 bits per heavy atom. The molecule has 0 atom stereocenters. The van der Waals surface area contributed by atoms with Gasteiger partial charge in [-0.2, -0.15) is 5.10 Å². The summed E-state index contributed by atoms with van der Waals surface area (Å²) in [5, 5.41) is 5.73. The van der Waals surface area contributed by atoms with Gasteiger partial charge in [0.05, 0.1) is 6.20 Å². The summed E-state index contributed by atoms with van der Waals surface area (Å²) in [6.07, 6.45) is 1.82. The molecule has 1 aromatic carbocycles. The maximum Gasteiger partial charge on any atom is 0.282 e. The van der Waals surface area contributed by atoms with Crippen molar-refractivity contribution in [2.24, 2.45) is 0 Å². The molecule has 120 valence electrons. The van der Waals surface area contributed by atoms with Gasteiger partial charge in [-0.05, 0) is 31.5 Å². The van der Waals surface area contributed by atoms with Gasteiger partial charge in [0, 0.05) is 23.9 Å². The lowest BCUT2D eigenvalue weighted by molar-refractivity contribution is 0.630. The number of hydrogen-bond donors (Lipinski definition) is 0. The molecule has 0 saturated carbocycles. The second kappa shape index (κ2) is 6.76. The molecule has 0 aliphatic heterocycles. The first-order valence-electron chi connectivity index (χ1n) is 7.47. The van der Waals surface area contributed by atoms with Gasteiger partial charge in [-0.1, -0.05) is 35.5 Å². The van der Waals surface area contributed by atoms with Crippen LogP contribution in [0.15, 0.2) is 40.4 Å². The van der Waals surface area contributed by atoms with Crippen molar-refractivity contribution in [3.05, 3.63) is 51.4 Å². The minimum atomic E-state index is -0.0849. The largest absolute Gasteiger partial charge is 0.286 e. The third-order valence-electron chi connectivity index (χ3n) is 3.53. The SMILES string of the molecule is CCn1cc2nc(SCc3cccc(Cl)c3)n(CC)c(=O)c2n1. The van der Waals surface area contributed by atoms with Crippen LogP contribution in [0.1, 0.15) is 19.4 Å². The molecule has 0 aliphatic rings. The summed E-state index contributed by atoms with van der Waals surface area (Å²) in [6.45, 7) is 5.21. The van der Waals surface area contributed by atoms with E-state index in [1.807, 2.05) is 44.3 Å². The number of halogens is 1. The summed E-state index contributed by atoms with van der Waals surface area (Å²) in [6, 6.07) is 7.71. The zero-order chi connectivity index (χ0) is 16.4. The van der Waals surface area contributed by atoms with Gasteiger partial charge >= 0.3 is 0 Å². The Labute approximate surface area is 143 Å². The van der Waals surface area contributed by atoms with E-state index >= 15 is 0 Å². The van der Waals surface area contributed by atoms with Gasteiger partial charge in [-0.15, -0.1) is 0 Å². The molecule has 0 spiro atoms. The van der Waals surface area contributed by atoms with Crippen molar-refractivity contribution in [3.8, 4) is 0 Å². The highest BCUT2D eigenvalue weighted by Gasteiger charge is 2.13. The van der Waals surface area contributed by atoms with Crippen LogP contribution in [0, 0.1) is 0 Å². The summed E-state index contributed by atoms with van der Waals surface area (Å²) >= 11 is 7.55. The van der Waals surface area contributed by atoms with E-state index < -0.39 is 0 Å². The third kappa shape index (κ3) is 3.28. The van der Waals surface area contributed by atoms with Crippen LogP contribution >= 0.6 is 23.4 Å². The van der Waals surface area contributed by atoms with Crippen LogP contribution in [0.4, 0.5) is 0 Å². The van der Waals surface area contributed by atoms with E-state index in [4.69, 9.17) is 11.6 Å². The minimum Gasteiger partial charge on any atom is -0.286 e. The van der Waals surface area contributed by atoms with E-state index in [2.05, 4.69) is 10.1 Å². The standard InChI is InChI=1S/C16H17ClN4OS/c1-3-20-9-13-14(19-20)15(22)21(4-2)16(18-13)23-10-11-6-5-7-12(17)8-11/h5-9H,3-4,10H2,1-2H3. The number of aromatic nitrogens is 4. The van der Waals surface area contributed by atoms with Crippen LogP contribution in [0.5, 0.6) is 0 Å². The smallest absolute Gasteiger partial charge is 0.282 e. The van der Waals surface area contributed by atoms with Gasteiger partial charge in [0.2, 0.25) is 0 Å². The topological polar surface area (TPSA) is 52.7 Å². The first kappa shape index (κ1) is 16.1. The molecule has 0 amide bonds. The van der Waals surface area contributed by atoms with Crippen molar-refractivity contribution in [1.82, 2.24) is 19.3 Å². The molecule has 7 heteroatoms. The van der Waals surface area contributed by atoms with Gasteiger partial charge in [-0.25, -0.2) is 4.98 Å². The van der Waals surface area contributed by atoms with E-state index in [-0.39, 0.29) is 5.56 Å². The normalized spacial score (nSPS) is 11.3. The average Bonchev–Trinajstić information content (AvgIpc) is 2.97. The van der Waals surface area contributed by atoms with Gasteiger partial charge in [0.25, 0.3) is 5.56 Å². The van der Waals surface area contributed by atoms with Crippen molar-refractivity contribution in [1.29, 1.82) is 0 Å². The fourth-order valence-electron chi connectivity index (χ4n) is 2.35. The second-order valence-corrected chi connectivity index (χ2v) is 6.46. The molecule has 0 unspecified atom stereocenters. The van der Waals surface area contributed by atoms with Crippen LogP contribution in [-0.4, -0.2) is 19.3 Å². The second-order valence-electron chi connectivity index (χ2n) is 5.08. The highest BCUT2D eigenvalue weighted by molar-refractivity contribution is 7.98. The Hall–Kier alpha value is -1.79. The van der Waals surface area contributed by atoms with Gasteiger partial charge < -0.3 is 0 Å². The molecular weight excluding hydrogens is 332 g/mol. The van der Waals surface area contributed by atoms with Crippen molar-refractivity contribution in [2.75, 3.05) is 0 Å². The maximum absolute atomic E-state index is 12.6. The Kier molecular flexibility index (Phi) is 4.73. The zero-order valence-electron chi connectivity index (χ0n) is 13.0. The third-order valence-corrected chi connectivity index (χ3v) is 4.82. The summed E-state index contributed by atoms with van der Waals surface area (Å²) in [4.78, 5) is 17.2. The number of rotatable bonds is 5. The Morgan fingerprint density at radius 2 is 2.09 bits per heavy atom. The first-order valence-corrected chi connectivity index (χ1v) is 8.84. The number of thioether (sulfide) groups is 1. The van der Waals surface area contributed by atoms with Crippen LogP contribution in [0.3, 0.4) is 0 Å². The van der Waals surface area contributed by atoms with E-state index in [0.717, 1.165) is 5.56 Å². The highest BCUT2D eigenvalue weighted by atomic mass is 35.5. The molecule has 0 N–H and O–H groups in total. The first-order chi connectivity index (χ1) is 11.1.